The fraction of sp³-hybridized carbons (Fsp3) is 0.167. The minimum absolute atomic E-state index is 0.219. The van der Waals surface area contributed by atoms with Gasteiger partial charge in [0.05, 0.1) is 12.2 Å². The van der Waals surface area contributed by atoms with Gasteiger partial charge in [-0.15, -0.1) is 0 Å². The number of anilines is 2. The average Bonchev–Trinajstić information content (AvgIpc) is 3.13. The minimum atomic E-state index is -4.15. The minimum Gasteiger partial charge on any atom is -0.304 e. The molecule has 0 radical (unpaired) electrons. The van der Waals surface area contributed by atoms with Crippen LogP contribution in [-0.4, -0.2) is 26.0 Å². The second-order valence-corrected chi connectivity index (χ2v) is 9.91. The van der Waals surface area contributed by atoms with Crippen molar-refractivity contribution >= 4 is 33.0 Å². The third-order valence-electron chi connectivity index (χ3n) is 6.03. The molecule has 31 heavy (non-hydrogen) atoms. The normalized spacial score (nSPS) is 21.7. The summed E-state index contributed by atoms with van der Waals surface area (Å²) in [6.45, 7) is 2.17. The van der Waals surface area contributed by atoms with Crippen molar-refractivity contribution in [1.29, 1.82) is 0 Å². The van der Waals surface area contributed by atoms with Crippen molar-refractivity contribution in [2.75, 3.05) is 15.6 Å². The lowest BCUT2D eigenvalue weighted by Gasteiger charge is -2.32. The third kappa shape index (κ3) is 2.59. The maximum atomic E-state index is 14.0. The van der Waals surface area contributed by atoms with Crippen molar-refractivity contribution in [3.63, 3.8) is 0 Å². The summed E-state index contributed by atoms with van der Waals surface area (Å²) in [6.07, 6.45) is 0. The van der Waals surface area contributed by atoms with Crippen LogP contribution in [0.5, 0.6) is 0 Å². The van der Waals surface area contributed by atoms with E-state index in [1.165, 1.54) is 9.80 Å². The highest BCUT2D eigenvalue weighted by molar-refractivity contribution is 7.94. The van der Waals surface area contributed by atoms with E-state index in [1.807, 2.05) is 31.2 Å². The Labute approximate surface area is 180 Å². The first kappa shape index (κ1) is 19.5. The topological polar surface area (TPSA) is 74.8 Å². The number of benzene rings is 3. The van der Waals surface area contributed by atoms with Gasteiger partial charge in [0.25, 0.3) is 10.8 Å². The number of hydrogen-bond donors (Lipinski definition) is 0. The number of carbonyl (C=O) groups excluding carboxylic acids is 2. The molecule has 156 valence electrons. The quantitative estimate of drug-likeness (QED) is 0.637. The molecule has 6 nitrogen and oxygen atoms in total. The van der Waals surface area contributed by atoms with Crippen LogP contribution in [0.4, 0.5) is 11.4 Å². The fourth-order valence-electron chi connectivity index (χ4n) is 4.58. The molecule has 5 rings (SSSR count). The molecule has 0 aliphatic carbocycles. The van der Waals surface area contributed by atoms with Crippen LogP contribution in [0.2, 0.25) is 0 Å². The van der Waals surface area contributed by atoms with Gasteiger partial charge in [-0.1, -0.05) is 60.7 Å². The fourth-order valence-corrected chi connectivity index (χ4v) is 6.62. The highest BCUT2D eigenvalue weighted by atomic mass is 32.2. The first-order chi connectivity index (χ1) is 14.9. The van der Waals surface area contributed by atoms with E-state index in [4.69, 9.17) is 0 Å². The van der Waals surface area contributed by atoms with Crippen molar-refractivity contribution in [2.45, 2.75) is 18.3 Å². The number of sulfone groups is 1. The van der Waals surface area contributed by atoms with Gasteiger partial charge in [0.2, 0.25) is 5.91 Å². The van der Waals surface area contributed by atoms with Gasteiger partial charge in [-0.3, -0.25) is 14.5 Å². The smallest absolute Gasteiger partial charge is 0.274 e. The number of hydrogen-bond acceptors (Lipinski definition) is 4. The lowest BCUT2D eigenvalue weighted by Crippen LogP contribution is -2.54. The van der Waals surface area contributed by atoms with Crippen LogP contribution >= 0.6 is 0 Å². The van der Waals surface area contributed by atoms with Crippen LogP contribution in [0.15, 0.2) is 78.9 Å². The van der Waals surface area contributed by atoms with Crippen molar-refractivity contribution in [1.82, 2.24) is 0 Å². The summed E-state index contributed by atoms with van der Waals surface area (Å²) in [6, 6.07) is 23.0. The van der Waals surface area contributed by atoms with E-state index >= 15 is 0 Å². The summed E-state index contributed by atoms with van der Waals surface area (Å²) < 4.78 is 27.0. The molecule has 0 saturated carbocycles. The number of amides is 2. The molecule has 1 unspecified atom stereocenters. The van der Waals surface area contributed by atoms with Crippen molar-refractivity contribution in [3.05, 3.63) is 95.6 Å². The first-order valence-electron chi connectivity index (χ1n) is 9.94. The van der Waals surface area contributed by atoms with Crippen molar-refractivity contribution < 1.29 is 18.0 Å². The molecule has 1 atom stereocenters. The Bertz CT molecular complexity index is 1320. The molecule has 2 aliphatic heterocycles. The Morgan fingerprint density at radius 3 is 2.26 bits per heavy atom. The molecule has 1 saturated heterocycles. The highest BCUT2D eigenvalue weighted by Gasteiger charge is 2.69. The molecule has 2 aliphatic rings. The largest absolute Gasteiger partial charge is 0.304 e. The molecule has 0 N–H and O–H groups in total. The van der Waals surface area contributed by atoms with E-state index in [0.29, 0.717) is 16.9 Å². The zero-order valence-corrected chi connectivity index (χ0v) is 17.7. The van der Waals surface area contributed by atoms with Crippen LogP contribution < -0.4 is 9.80 Å². The second kappa shape index (κ2) is 6.78. The third-order valence-corrected chi connectivity index (χ3v) is 8.13. The van der Waals surface area contributed by atoms with Crippen LogP contribution in [0, 0.1) is 6.92 Å². The lowest BCUT2D eigenvalue weighted by atomic mass is 10.0. The molecule has 7 heteroatoms. The first-order valence-corrected chi connectivity index (χ1v) is 11.6. The summed E-state index contributed by atoms with van der Waals surface area (Å²) >= 11 is 0. The Hall–Kier alpha value is -3.45. The van der Waals surface area contributed by atoms with E-state index in [2.05, 4.69) is 0 Å². The maximum Gasteiger partial charge on any atom is 0.274 e. The summed E-state index contributed by atoms with van der Waals surface area (Å²) in [7, 11) is -4.15. The predicted molar refractivity (Wildman–Crippen MR) is 118 cm³/mol. The van der Waals surface area contributed by atoms with Gasteiger partial charge in [0.1, 0.15) is 5.75 Å². The van der Waals surface area contributed by atoms with Crippen LogP contribution in [0.3, 0.4) is 0 Å². The molecule has 0 aromatic heterocycles. The van der Waals surface area contributed by atoms with Gasteiger partial charge in [-0.2, -0.15) is 0 Å². The SMILES string of the molecule is Cc1ccccc1CN1C(=O)C2(c3ccccc31)N(c1ccccc1)C(=O)CS2(=O)=O. The molecule has 1 fully saturated rings. The lowest BCUT2D eigenvalue weighted by molar-refractivity contribution is -0.123. The van der Waals surface area contributed by atoms with Gasteiger partial charge in [0, 0.05) is 11.3 Å². The van der Waals surface area contributed by atoms with E-state index in [9.17, 15) is 18.0 Å². The van der Waals surface area contributed by atoms with Crippen LogP contribution in [0.25, 0.3) is 0 Å². The standard InChI is InChI=1S/C24H20N2O4S/c1-17-9-5-6-10-18(17)15-25-21-14-8-7-13-20(21)24(23(25)28)26(19-11-3-2-4-12-19)22(27)16-31(24,29)30/h2-14H,15-16H2,1H3. The summed E-state index contributed by atoms with van der Waals surface area (Å²) in [5, 5.41) is 0. The molecule has 2 heterocycles. The van der Waals surface area contributed by atoms with Gasteiger partial charge >= 0.3 is 0 Å². The molecular formula is C24H20N2O4S. The second-order valence-electron chi connectivity index (χ2n) is 7.80. The van der Waals surface area contributed by atoms with Gasteiger partial charge in [-0.25, -0.2) is 8.42 Å². The molecule has 2 amide bonds. The number of carbonyl (C=O) groups is 2. The number of nitrogens with zero attached hydrogens (tertiary/aromatic N) is 2. The Morgan fingerprint density at radius 1 is 0.871 bits per heavy atom. The Morgan fingerprint density at radius 2 is 1.52 bits per heavy atom. The monoisotopic (exact) mass is 432 g/mol. The number of fused-ring (bicyclic) bond motifs is 2. The van der Waals surface area contributed by atoms with Crippen molar-refractivity contribution in [3.8, 4) is 0 Å². The van der Waals surface area contributed by atoms with Gasteiger partial charge in [-0.05, 0) is 36.2 Å². The zero-order chi connectivity index (χ0) is 21.8. The predicted octanol–water partition coefficient (Wildman–Crippen LogP) is 3.16. The van der Waals surface area contributed by atoms with Crippen LogP contribution in [0.1, 0.15) is 16.7 Å². The van der Waals surface area contributed by atoms with E-state index < -0.39 is 32.3 Å². The molecule has 1 spiro atoms. The average molecular weight is 433 g/mol. The van der Waals surface area contributed by atoms with Crippen molar-refractivity contribution in [2.24, 2.45) is 0 Å². The summed E-state index contributed by atoms with van der Waals surface area (Å²) in [5.41, 5.74) is 3.13. The van der Waals surface area contributed by atoms with Crippen LogP contribution in [-0.2, 0) is 30.8 Å². The number of aryl methyl sites for hydroxylation is 1. The number of para-hydroxylation sites is 2. The van der Waals surface area contributed by atoms with E-state index in [1.54, 1.807) is 54.6 Å². The summed E-state index contributed by atoms with van der Waals surface area (Å²) in [4.78, 5) is 27.6. The highest BCUT2D eigenvalue weighted by Crippen LogP contribution is 2.52. The molecule has 0 bridgehead atoms. The Balaban J connectivity index is 1.75. The zero-order valence-electron chi connectivity index (χ0n) is 16.9. The molecular weight excluding hydrogens is 412 g/mol. The summed E-state index contributed by atoms with van der Waals surface area (Å²) in [5.74, 6) is -1.93. The Kier molecular flexibility index (Phi) is 4.27. The maximum absolute atomic E-state index is 14.0. The van der Waals surface area contributed by atoms with E-state index in [-0.39, 0.29) is 6.54 Å². The van der Waals surface area contributed by atoms with Gasteiger partial charge < -0.3 is 4.90 Å². The van der Waals surface area contributed by atoms with Gasteiger partial charge in [0.15, 0.2) is 9.84 Å². The van der Waals surface area contributed by atoms with E-state index in [0.717, 1.165) is 11.1 Å². The number of rotatable bonds is 3. The molecule has 3 aromatic carbocycles. The molecule has 3 aromatic rings.